The molecule has 7 nitrogen and oxygen atoms in total. The quantitative estimate of drug-likeness (QED) is 0.662. The summed E-state index contributed by atoms with van der Waals surface area (Å²) in [6.45, 7) is 6.02. The van der Waals surface area contributed by atoms with Crippen molar-refractivity contribution in [3.63, 3.8) is 0 Å². The van der Waals surface area contributed by atoms with Gasteiger partial charge in [0, 0.05) is 20.2 Å². The van der Waals surface area contributed by atoms with Crippen LogP contribution in [0.1, 0.15) is 13.8 Å². The molecule has 0 radical (unpaired) electrons. The van der Waals surface area contributed by atoms with Crippen LogP contribution in [-0.4, -0.2) is 68.1 Å². The number of carbonyl (C=O) groups excluding carboxylic acids is 1. The molecule has 2 atom stereocenters. The summed E-state index contributed by atoms with van der Waals surface area (Å²) in [4.78, 5) is 24.3. The molecule has 0 spiro atoms. The van der Waals surface area contributed by atoms with Gasteiger partial charge in [0.25, 0.3) is 0 Å². The van der Waals surface area contributed by atoms with Crippen LogP contribution in [0.2, 0.25) is 0 Å². The molecule has 0 aromatic heterocycles. The fourth-order valence-corrected chi connectivity index (χ4v) is 1.99. The number of nitrogens with one attached hydrogen (secondary N) is 1. The van der Waals surface area contributed by atoms with E-state index in [0.29, 0.717) is 25.7 Å². The van der Waals surface area contributed by atoms with Gasteiger partial charge in [0.15, 0.2) is 0 Å². The van der Waals surface area contributed by atoms with E-state index in [4.69, 9.17) is 14.6 Å². The van der Waals surface area contributed by atoms with Crippen LogP contribution in [0.4, 0.5) is 4.79 Å². The number of carbonyl (C=O) groups is 2. The van der Waals surface area contributed by atoms with E-state index in [2.05, 4.69) is 19.2 Å². The number of hydrogen-bond acceptors (Lipinski definition) is 4. The van der Waals surface area contributed by atoms with Crippen molar-refractivity contribution in [3.05, 3.63) is 0 Å². The molecule has 2 N–H and O–H groups in total. The van der Waals surface area contributed by atoms with Crippen molar-refractivity contribution in [2.75, 3.05) is 40.0 Å². The molecule has 0 aromatic carbocycles. The number of amides is 2. The second-order valence-electron chi connectivity index (χ2n) is 5.36. The average Bonchev–Trinajstić information content (AvgIpc) is 2.86. The van der Waals surface area contributed by atoms with E-state index in [1.54, 1.807) is 7.05 Å². The van der Waals surface area contributed by atoms with E-state index < -0.39 is 17.9 Å². The smallest absolute Gasteiger partial charge is 0.317 e. The molecule has 2 unspecified atom stereocenters. The van der Waals surface area contributed by atoms with E-state index in [1.807, 2.05) is 0 Å². The zero-order chi connectivity index (χ0) is 15.1. The highest BCUT2D eigenvalue weighted by molar-refractivity contribution is 5.77. The second-order valence-corrected chi connectivity index (χ2v) is 5.36. The third-order valence-electron chi connectivity index (χ3n) is 3.16. The summed E-state index contributed by atoms with van der Waals surface area (Å²) in [7, 11) is 1.58. The molecule has 0 saturated carbocycles. The number of likely N-dealkylation sites (N-methyl/N-ethyl adjacent to an activating group) is 1. The predicted octanol–water partition coefficient (Wildman–Crippen LogP) is 0.400. The Kier molecular flexibility index (Phi) is 6.74. The van der Waals surface area contributed by atoms with Crippen LogP contribution >= 0.6 is 0 Å². The number of carboxylic acid groups (broad SMARTS) is 1. The number of ether oxygens (including phenoxy) is 2. The zero-order valence-corrected chi connectivity index (χ0v) is 12.3. The Bertz CT molecular complexity index is 335. The molecule has 1 rings (SSSR count). The van der Waals surface area contributed by atoms with Gasteiger partial charge in [0.05, 0.1) is 25.9 Å². The second kappa shape index (κ2) is 8.06. The molecule has 1 aliphatic heterocycles. The number of aliphatic carboxylic acids is 1. The molecule has 2 amide bonds. The Labute approximate surface area is 119 Å². The lowest BCUT2D eigenvalue weighted by Gasteiger charge is -2.26. The highest BCUT2D eigenvalue weighted by Gasteiger charge is 2.38. The van der Waals surface area contributed by atoms with E-state index in [-0.39, 0.29) is 19.2 Å². The fourth-order valence-electron chi connectivity index (χ4n) is 1.99. The maximum Gasteiger partial charge on any atom is 0.317 e. The SMILES string of the molecule is CC(C)COCCNC(=O)N(C)C1COCC1C(=O)O. The number of nitrogens with zero attached hydrogens (tertiary/aromatic N) is 1. The van der Waals surface area contributed by atoms with Gasteiger partial charge in [-0.2, -0.15) is 0 Å². The van der Waals surface area contributed by atoms with E-state index in [1.165, 1.54) is 4.90 Å². The number of rotatable bonds is 7. The highest BCUT2D eigenvalue weighted by atomic mass is 16.5. The number of carboxylic acids is 1. The molecule has 20 heavy (non-hydrogen) atoms. The lowest BCUT2D eigenvalue weighted by molar-refractivity contribution is -0.142. The molecule has 0 aromatic rings. The maximum atomic E-state index is 11.9. The highest BCUT2D eigenvalue weighted by Crippen LogP contribution is 2.18. The van der Waals surface area contributed by atoms with Gasteiger partial charge in [-0.3, -0.25) is 4.79 Å². The third kappa shape index (κ3) is 4.97. The van der Waals surface area contributed by atoms with Gasteiger partial charge in [-0.1, -0.05) is 13.8 Å². The average molecular weight is 288 g/mol. The predicted molar refractivity (Wildman–Crippen MR) is 72.6 cm³/mol. The first kappa shape index (κ1) is 16.7. The first-order valence-corrected chi connectivity index (χ1v) is 6.82. The van der Waals surface area contributed by atoms with Gasteiger partial charge in [-0.25, -0.2) is 4.79 Å². The Morgan fingerprint density at radius 3 is 2.75 bits per heavy atom. The zero-order valence-electron chi connectivity index (χ0n) is 12.3. The third-order valence-corrected chi connectivity index (χ3v) is 3.16. The molecule has 1 heterocycles. The maximum absolute atomic E-state index is 11.9. The summed E-state index contributed by atoms with van der Waals surface area (Å²) in [6, 6.07) is -0.732. The molecular formula is C13H24N2O5. The summed E-state index contributed by atoms with van der Waals surface area (Å²) in [5.74, 6) is -1.14. The molecule has 0 aliphatic carbocycles. The van der Waals surface area contributed by atoms with Gasteiger partial charge in [-0.05, 0) is 5.92 Å². The van der Waals surface area contributed by atoms with Crippen LogP contribution in [0.25, 0.3) is 0 Å². The minimum Gasteiger partial charge on any atom is -0.481 e. The topological polar surface area (TPSA) is 88.1 Å². The van der Waals surface area contributed by atoms with E-state index >= 15 is 0 Å². The number of hydrogen-bond donors (Lipinski definition) is 2. The van der Waals surface area contributed by atoms with Crippen LogP contribution < -0.4 is 5.32 Å². The van der Waals surface area contributed by atoms with Crippen molar-refractivity contribution in [2.24, 2.45) is 11.8 Å². The van der Waals surface area contributed by atoms with Crippen LogP contribution in [0.3, 0.4) is 0 Å². The summed E-state index contributed by atoms with van der Waals surface area (Å²) in [6.07, 6.45) is 0. The van der Waals surface area contributed by atoms with Crippen molar-refractivity contribution in [1.29, 1.82) is 0 Å². The monoisotopic (exact) mass is 288 g/mol. The Morgan fingerprint density at radius 2 is 2.15 bits per heavy atom. The Morgan fingerprint density at radius 1 is 1.45 bits per heavy atom. The standard InChI is InChI=1S/C13H24N2O5/c1-9(2)6-19-5-4-14-13(18)15(3)11-8-20-7-10(11)12(16)17/h9-11H,4-8H2,1-3H3,(H,14,18)(H,16,17). The first-order valence-electron chi connectivity index (χ1n) is 6.82. The summed E-state index contributed by atoms with van der Waals surface area (Å²) in [5, 5.41) is 11.8. The van der Waals surface area contributed by atoms with Crippen molar-refractivity contribution < 1.29 is 24.2 Å². The van der Waals surface area contributed by atoms with Crippen LogP contribution in [0.15, 0.2) is 0 Å². The first-order chi connectivity index (χ1) is 9.43. The lowest BCUT2D eigenvalue weighted by Crippen LogP contribution is -2.48. The lowest BCUT2D eigenvalue weighted by atomic mass is 10.0. The number of urea groups is 1. The largest absolute Gasteiger partial charge is 0.481 e. The molecule has 1 saturated heterocycles. The van der Waals surface area contributed by atoms with Gasteiger partial charge in [-0.15, -0.1) is 0 Å². The summed E-state index contributed by atoms with van der Waals surface area (Å²) in [5.41, 5.74) is 0. The fraction of sp³-hybridized carbons (Fsp3) is 0.846. The van der Waals surface area contributed by atoms with Crippen molar-refractivity contribution in [1.82, 2.24) is 10.2 Å². The molecule has 1 fully saturated rings. The normalized spacial score (nSPS) is 22.0. The van der Waals surface area contributed by atoms with Crippen LogP contribution in [-0.2, 0) is 14.3 Å². The molecule has 7 heteroatoms. The minimum atomic E-state index is -0.938. The van der Waals surface area contributed by atoms with Gasteiger partial charge in [0.1, 0.15) is 5.92 Å². The molecular weight excluding hydrogens is 264 g/mol. The summed E-state index contributed by atoms with van der Waals surface area (Å²) >= 11 is 0. The van der Waals surface area contributed by atoms with E-state index in [0.717, 1.165) is 0 Å². The van der Waals surface area contributed by atoms with Gasteiger partial charge >= 0.3 is 12.0 Å². The van der Waals surface area contributed by atoms with Crippen LogP contribution in [0.5, 0.6) is 0 Å². The van der Waals surface area contributed by atoms with Gasteiger partial charge in [0.2, 0.25) is 0 Å². The summed E-state index contributed by atoms with van der Waals surface area (Å²) < 4.78 is 10.5. The van der Waals surface area contributed by atoms with E-state index in [9.17, 15) is 9.59 Å². The Balaban J connectivity index is 2.30. The molecule has 1 aliphatic rings. The van der Waals surface area contributed by atoms with Crippen LogP contribution in [0, 0.1) is 11.8 Å². The van der Waals surface area contributed by atoms with Crippen molar-refractivity contribution in [3.8, 4) is 0 Å². The molecule has 0 bridgehead atoms. The van der Waals surface area contributed by atoms with Crippen molar-refractivity contribution >= 4 is 12.0 Å². The minimum absolute atomic E-state index is 0.148. The Hall–Kier alpha value is -1.34. The molecule has 116 valence electrons. The van der Waals surface area contributed by atoms with Gasteiger partial charge < -0.3 is 24.8 Å². The van der Waals surface area contributed by atoms with Crippen molar-refractivity contribution in [2.45, 2.75) is 19.9 Å².